The summed E-state index contributed by atoms with van der Waals surface area (Å²) in [5.41, 5.74) is 0.609. The Hall–Kier alpha value is 0. The molecule has 1 aliphatic rings. The minimum atomic E-state index is 0.609. The fourth-order valence-electron chi connectivity index (χ4n) is 2.70. The minimum Gasteiger partial charge on any atom is -0.0654 e. The van der Waals surface area contributed by atoms with Crippen LogP contribution >= 0.6 is 0 Å². The Kier molecular flexibility index (Phi) is 3.20. The molecule has 0 aromatic heterocycles. The maximum atomic E-state index is 2.46. The van der Waals surface area contributed by atoms with E-state index >= 15 is 0 Å². The molecule has 1 rings (SSSR count). The molecule has 0 aromatic carbocycles. The van der Waals surface area contributed by atoms with Gasteiger partial charge in [0.2, 0.25) is 0 Å². The quantitative estimate of drug-likeness (QED) is 0.578. The molecule has 0 amide bonds. The lowest BCUT2D eigenvalue weighted by Crippen LogP contribution is -2.32. The highest BCUT2D eigenvalue weighted by Crippen LogP contribution is 2.45. The fourth-order valence-corrected chi connectivity index (χ4v) is 2.70. The van der Waals surface area contributed by atoms with Crippen LogP contribution in [0.4, 0.5) is 0 Å². The molecule has 1 aliphatic carbocycles. The first-order valence-electron chi connectivity index (χ1n) is 5.58. The Labute approximate surface area is 77.7 Å². The molecular formula is C12H24. The van der Waals surface area contributed by atoms with E-state index in [4.69, 9.17) is 0 Å². The summed E-state index contributed by atoms with van der Waals surface area (Å²) < 4.78 is 0. The topological polar surface area (TPSA) is 0 Å². The third-order valence-corrected chi connectivity index (χ3v) is 4.00. The molecule has 0 spiro atoms. The van der Waals surface area contributed by atoms with Gasteiger partial charge in [-0.2, -0.15) is 0 Å². The largest absolute Gasteiger partial charge is 0.0654 e. The van der Waals surface area contributed by atoms with Crippen LogP contribution in [0.15, 0.2) is 0 Å². The second-order valence-corrected chi connectivity index (χ2v) is 5.22. The van der Waals surface area contributed by atoms with Gasteiger partial charge >= 0.3 is 0 Å². The molecule has 0 heterocycles. The van der Waals surface area contributed by atoms with E-state index in [0.29, 0.717) is 5.41 Å². The molecule has 0 nitrogen and oxygen atoms in total. The second-order valence-electron chi connectivity index (χ2n) is 5.22. The van der Waals surface area contributed by atoms with Gasteiger partial charge in [0.25, 0.3) is 0 Å². The molecule has 0 radical (unpaired) electrons. The molecule has 0 bridgehead atoms. The van der Waals surface area contributed by atoms with Gasteiger partial charge in [-0.3, -0.25) is 0 Å². The average molecular weight is 168 g/mol. The molecule has 0 aliphatic heterocycles. The standard InChI is InChI=1S/C12H24/c1-5-7-11-8-6-9-12(3,4)10(11)2/h10-11H,5-9H2,1-4H3/t10-,11-/m0/s1. The Morgan fingerprint density at radius 3 is 2.58 bits per heavy atom. The van der Waals surface area contributed by atoms with Crippen LogP contribution in [-0.4, -0.2) is 0 Å². The summed E-state index contributed by atoms with van der Waals surface area (Å²) in [5, 5.41) is 0. The van der Waals surface area contributed by atoms with Gasteiger partial charge in [-0.05, 0) is 23.7 Å². The van der Waals surface area contributed by atoms with Gasteiger partial charge in [-0.15, -0.1) is 0 Å². The SMILES string of the molecule is CCC[C@H]1CCCC(C)(C)[C@H]1C. The molecule has 0 saturated heterocycles. The summed E-state index contributed by atoms with van der Waals surface area (Å²) in [4.78, 5) is 0. The van der Waals surface area contributed by atoms with Crippen molar-refractivity contribution in [2.45, 2.75) is 59.8 Å². The van der Waals surface area contributed by atoms with E-state index < -0.39 is 0 Å². The molecule has 0 aromatic rings. The van der Waals surface area contributed by atoms with Gasteiger partial charge in [0, 0.05) is 0 Å². The first kappa shape index (κ1) is 10.1. The zero-order valence-electron chi connectivity index (χ0n) is 9.19. The maximum Gasteiger partial charge on any atom is -0.0326 e. The maximum absolute atomic E-state index is 2.46. The minimum absolute atomic E-state index is 0.609. The molecule has 72 valence electrons. The third-order valence-electron chi connectivity index (χ3n) is 4.00. The molecule has 1 fully saturated rings. The first-order chi connectivity index (χ1) is 5.58. The lowest BCUT2D eigenvalue weighted by molar-refractivity contribution is 0.0836. The third kappa shape index (κ3) is 2.02. The van der Waals surface area contributed by atoms with E-state index in [0.717, 1.165) is 11.8 Å². The Balaban J connectivity index is 2.54. The van der Waals surface area contributed by atoms with E-state index in [-0.39, 0.29) is 0 Å². The van der Waals surface area contributed by atoms with Crippen molar-refractivity contribution in [2.75, 3.05) is 0 Å². The zero-order chi connectivity index (χ0) is 9.19. The Morgan fingerprint density at radius 2 is 2.00 bits per heavy atom. The lowest BCUT2D eigenvalue weighted by Gasteiger charge is -2.42. The summed E-state index contributed by atoms with van der Waals surface area (Å²) in [7, 11) is 0. The molecular weight excluding hydrogens is 144 g/mol. The van der Waals surface area contributed by atoms with Crippen molar-refractivity contribution >= 4 is 0 Å². The van der Waals surface area contributed by atoms with Gasteiger partial charge in [0.05, 0.1) is 0 Å². The molecule has 12 heavy (non-hydrogen) atoms. The first-order valence-corrected chi connectivity index (χ1v) is 5.58. The zero-order valence-corrected chi connectivity index (χ0v) is 9.19. The predicted octanol–water partition coefficient (Wildman–Crippen LogP) is 4.25. The van der Waals surface area contributed by atoms with Crippen molar-refractivity contribution < 1.29 is 0 Å². The lowest BCUT2D eigenvalue weighted by atomic mass is 9.63. The molecule has 2 atom stereocenters. The number of hydrogen-bond acceptors (Lipinski definition) is 0. The van der Waals surface area contributed by atoms with Crippen LogP contribution in [0.5, 0.6) is 0 Å². The highest BCUT2D eigenvalue weighted by Gasteiger charge is 2.34. The van der Waals surface area contributed by atoms with E-state index in [1.54, 1.807) is 0 Å². The van der Waals surface area contributed by atoms with Gasteiger partial charge in [-0.1, -0.05) is 53.4 Å². The predicted molar refractivity (Wildman–Crippen MR) is 55.2 cm³/mol. The van der Waals surface area contributed by atoms with Gasteiger partial charge < -0.3 is 0 Å². The van der Waals surface area contributed by atoms with Crippen molar-refractivity contribution in [3.8, 4) is 0 Å². The highest BCUT2D eigenvalue weighted by atomic mass is 14.4. The smallest absolute Gasteiger partial charge is 0.0326 e. The normalized spacial score (nSPS) is 35.0. The van der Waals surface area contributed by atoms with E-state index in [1.165, 1.54) is 32.1 Å². The van der Waals surface area contributed by atoms with E-state index in [9.17, 15) is 0 Å². The van der Waals surface area contributed by atoms with Crippen LogP contribution < -0.4 is 0 Å². The van der Waals surface area contributed by atoms with Gasteiger partial charge in [0.1, 0.15) is 0 Å². The Morgan fingerprint density at radius 1 is 1.33 bits per heavy atom. The van der Waals surface area contributed by atoms with Crippen molar-refractivity contribution in [3.05, 3.63) is 0 Å². The van der Waals surface area contributed by atoms with E-state index in [2.05, 4.69) is 27.7 Å². The van der Waals surface area contributed by atoms with Crippen LogP contribution in [0.25, 0.3) is 0 Å². The molecule has 0 unspecified atom stereocenters. The monoisotopic (exact) mass is 168 g/mol. The van der Waals surface area contributed by atoms with Crippen LogP contribution in [0, 0.1) is 17.3 Å². The number of hydrogen-bond donors (Lipinski definition) is 0. The summed E-state index contributed by atoms with van der Waals surface area (Å²) in [6, 6.07) is 0. The second kappa shape index (κ2) is 3.81. The van der Waals surface area contributed by atoms with Gasteiger partial charge in [-0.25, -0.2) is 0 Å². The van der Waals surface area contributed by atoms with Gasteiger partial charge in [0.15, 0.2) is 0 Å². The van der Waals surface area contributed by atoms with Crippen molar-refractivity contribution in [1.29, 1.82) is 0 Å². The van der Waals surface area contributed by atoms with Crippen LogP contribution in [0.2, 0.25) is 0 Å². The van der Waals surface area contributed by atoms with Crippen LogP contribution in [0.3, 0.4) is 0 Å². The van der Waals surface area contributed by atoms with Crippen LogP contribution in [-0.2, 0) is 0 Å². The molecule has 0 heteroatoms. The summed E-state index contributed by atoms with van der Waals surface area (Å²) in [6.07, 6.45) is 7.20. The van der Waals surface area contributed by atoms with Crippen LogP contribution in [0.1, 0.15) is 59.8 Å². The van der Waals surface area contributed by atoms with Crippen molar-refractivity contribution in [1.82, 2.24) is 0 Å². The van der Waals surface area contributed by atoms with Crippen molar-refractivity contribution in [2.24, 2.45) is 17.3 Å². The molecule has 0 N–H and O–H groups in total. The summed E-state index contributed by atoms with van der Waals surface area (Å²) >= 11 is 0. The summed E-state index contributed by atoms with van der Waals surface area (Å²) in [6.45, 7) is 9.66. The molecule has 1 saturated carbocycles. The fraction of sp³-hybridized carbons (Fsp3) is 1.00. The number of rotatable bonds is 2. The average Bonchev–Trinajstić information content (AvgIpc) is 1.99. The van der Waals surface area contributed by atoms with E-state index in [1.807, 2.05) is 0 Å². The Bertz CT molecular complexity index is 133. The van der Waals surface area contributed by atoms with Crippen molar-refractivity contribution in [3.63, 3.8) is 0 Å². The summed E-state index contributed by atoms with van der Waals surface area (Å²) in [5.74, 6) is 1.95. The highest BCUT2D eigenvalue weighted by molar-refractivity contribution is 4.85.